The van der Waals surface area contributed by atoms with E-state index in [9.17, 15) is 8.42 Å². The van der Waals surface area contributed by atoms with Crippen molar-refractivity contribution in [1.82, 2.24) is 19.0 Å². The van der Waals surface area contributed by atoms with Crippen LogP contribution in [-0.4, -0.2) is 60.6 Å². The van der Waals surface area contributed by atoms with Crippen LogP contribution in [0.15, 0.2) is 22.7 Å². The molecule has 0 saturated carbocycles. The normalized spacial score (nSPS) is 18.0. The number of likely N-dealkylation sites (N-methyl/N-ethyl adjacent to an activating group) is 1. The molecule has 7 nitrogen and oxygen atoms in total. The van der Waals surface area contributed by atoms with Crippen LogP contribution in [0.3, 0.4) is 0 Å². The summed E-state index contributed by atoms with van der Waals surface area (Å²) in [4.78, 5) is 2.11. The summed E-state index contributed by atoms with van der Waals surface area (Å²) >= 11 is 3.47. The van der Waals surface area contributed by atoms with Gasteiger partial charge in [0, 0.05) is 43.1 Å². The van der Waals surface area contributed by atoms with E-state index in [1.54, 1.807) is 11.7 Å². The highest BCUT2D eigenvalue weighted by molar-refractivity contribution is 9.10. The molecule has 1 aromatic heterocycles. The summed E-state index contributed by atoms with van der Waals surface area (Å²) in [5, 5.41) is 5.08. The van der Waals surface area contributed by atoms with E-state index in [1.165, 1.54) is 4.31 Å². The standard InChI is InChI=1S/C13H18BrN5O2S/c1-17-6-8-19(9-7-17)22(20,21)16-13-10-4-3-5-11(14)12(10)18(2)15-13/h3-5H,6-9H2,1-2H3,(H,15,16). The van der Waals surface area contributed by atoms with Crippen LogP contribution in [-0.2, 0) is 17.3 Å². The van der Waals surface area contributed by atoms with Gasteiger partial charge in [0.25, 0.3) is 0 Å². The molecule has 1 N–H and O–H groups in total. The third kappa shape index (κ3) is 2.85. The molecule has 120 valence electrons. The summed E-state index contributed by atoms with van der Waals surface area (Å²) < 4.78 is 31.7. The molecule has 1 saturated heterocycles. The number of hydrogen-bond acceptors (Lipinski definition) is 4. The van der Waals surface area contributed by atoms with Gasteiger partial charge in [-0.1, -0.05) is 6.07 Å². The smallest absolute Gasteiger partial charge is 0.302 e. The van der Waals surface area contributed by atoms with Gasteiger partial charge in [-0.15, -0.1) is 0 Å². The van der Waals surface area contributed by atoms with Gasteiger partial charge in [-0.3, -0.25) is 9.40 Å². The number of para-hydroxylation sites is 1. The van der Waals surface area contributed by atoms with Gasteiger partial charge in [-0.2, -0.15) is 17.8 Å². The Hall–Kier alpha value is -1.16. The number of halogens is 1. The van der Waals surface area contributed by atoms with E-state index in [2.05, 4.69) is 30.7 Å². The lowest BCUT2D eigenvalue weighted by Crippen LogP contribution is -2.48. The summed E-state index contributed by atoms with van der Waals surface area (Å²) in [5.41, 5.74) is 0.860. The molecule has 1 fully saturated rings. The van der Waals surface area contributed by atoms with Crippen LogP contribution in [0.4, 0.5) is 5.82 Å². The van der Waals surface area contributed by atoms with Crippen molar-refractivity contribution in [3.8, 4) is 0 Å². The van der Waals surface area contributed by atoms with Crippen molar-refractivity contribution in [2.75, 3.05) is 37.9 Å². The zero-order valence-corrected chi connectivity index (χ0v) is 14.9. The molecule has 0 radical (unpaired) electrons. The second-order valence-electron chi connectivity index (χ2n) is 5.42. The van der Waals surface area contributed by atoms with Crippen molar-refractivity contribution in [1.29, 1.82) is 0 Å². The third-order valence-corrected chi connectivity index (χ3v) is 5.98. The molecule has 0 atom stereocenters. The summed E-state index contributed by atoms with van der Waals surface area (Å²) in [7, 11) is 0.194. The van der Waals surface area contributed by atoms with Gasteiger partial charge in [0.1, 0.15) is 0 Å². The molecule has 0 amide bonds. The number of nitrogens with one attached hydrogen (secondary N) is 1. The van der Waals surface area contributed by atoms with Gasteiger partial charge >= 0.3 is 10.2 Å². The Morgan fingerprint density at radius 2 is 1.86 bits per heavy atom. The first-order chi connectivity index (χ1) is 10.4. The molecule has 2 heterocycles. The first-order valence-corrected chi connectivity index (χ1v) is 9.19. The van der Waals surface area contributed by atoms with Crippen LogP contribution in [0, 0.1) is 0 Å². The zero-order valence-electron chi connectivity index (χ0n) is 12.5. The molecule has 9 heteroatoms. The maximum absolute atomic E-state index is 12.5. The van der Waals surface area contributed by atoms with Gasteiger partial charge in [-0.05, 0) is 35.1 Å². The van der Waals surface area contributed by atoms with E-state index in [4.69, 9.17) is 0 Å². The molecule has 0 bridgehead atoms. The summed E-state index contributed by atoms with van der Waals surface area (Å²) in [5.74, 6) is 0.359. The van der Waals surface area contributed by atoms with Gasteiger partial charge in [0.05, 0.1) is 5.52 Å². The number of benzene rings is 1. The Labute approximate surface area is 138 Å². The van der Waals surface area contributed by atoms with E-state index < -0.39 is 10.2 Å². The monoisotopic (exact) mass is 387 g/mol. The third-order valence-electron chi connectivity index (χ3n) is 3.84. The van der Waals surface area contributed by atoms with Gasteiger partial charge in [-0.25, -0.2) is 0 Å². The first-order valence-electron chi connectivity index (χ1n) is 6.96. The van der Waals surface area contributed by atoms with Crippen molar-refractivity contribution in [2.45, 2.75) is 0 Å². The molecule has 1 aliphatic heterocycles. The minimum Gasteiger partial charge on any atom is -0.304 e. The number of piperazine rings is 1. The van der Waals surface area contributed by atoms with Gasteiger partial charge < -0.3 is 4.90 Å². The second kappa shape index (κ2) is 5.80. The number of hydrogen-bond donors (Lipinski definition) is 1. The number of fused-ring (bicyclic) bond motifs is 1. The van der Waals surface area contributed by atoms with Crippen LogP contribution in [0.1, 0.15) is 0 Å². The Morgan fingerprint density at radius 1 is 1.18 bits per heavy atom. The van der Waals surface area contributed by atoms with Crippen LogP contribution in [0.2, 0.25) is 0 Å². The Morgan fingerprint density at radius 3 is 2.55 bits per heavy atom. The van der Waals surface area contributed by atoms with Crippen LogP contribution < -0.4 is 4.72 Å². The SMILES string of the molecule is CN1CCN(S(=O)(=O)Nc2nn(C)c3c(Br)cccc23)CC1. The minimum atomic E-state index is -3.59. The Kier molecular flexibility index (Phi) is 4.15. The number of anilines is 1. The summed E-state index contributed by atoms with van der Waals surface area (Å²) in [6.45, 7) is 2.44. The lowest BCUT2D eigenvalue weighted by molar-refractivity contribution is 0.223. The molecule has 1 aromatic carbocycles. The molecule has 22 heavy (non-hydrogen) atoms. The predicted molar refractivity (Wildman–Crippen MR) is 90.0 cm³/mol. The largest absolute Gasteiger partial charge is 0.304 e. The van der Waals surface area contributed by atoms with E-state index in [0.29, 0.717) is 18.9 Å². The molecular formula is C13H18BrN5O2S. The number of aromatic nitrogens is 2. The molecular weight excluding hydrogens is 370 g/mol. The van der Waals surface area contributed by atoms with E-state index >= 15 is 0 Å². The summed E-state index contributed by atoms with van der Waals surface area (Å²) in [6, 6.07) is 5.62. The minimum absolute atomic E-state index is 0.359. The van der Waals surface area contributed by atoms with Gasteiger partial charge in [0.15, 0.2) is 5.82 Å². The van der Waals surface area contributed by atoms with Crippen molar-refractivity contribution in [3.63, 3.8) is 0 Å². The lowest BCUT2D eigenvalue weighted by atomic mass is 10.2. The first kappa shape index (κ1) is 15.7. The molecule has 0 spiro atoms. The molecule has 3 rings (SSSR count). The maximum Gasteiger partial charge on any atom is 0.302 e. The van der Waals surface area contributed by atoms with Crippen molar-refractivity contribution >= 4 is 42.9 Å². The maximum atomic E-state index is 12.5. The van der Waals surface area contributed by atoms with Crippen molar-refractivity contribution in [2.24, 2.45) is 7.05 Å². The number of aryl methyl sites for hydroxylation is 1. The number of nitrogens with zero attached hydrogens (tertiary/aromatic N) is 4. The molecule has 0 aliphatic carbocycles. The predicted octanol–water partition coefficient (Wildman–Crippen LogP) is 1.24. The Bertz CT molecular complexity index is 796. The highest BCUT2D eigenvalue weighted by Gasteiger charge is 2.27. The zero-order chi connectivity index (χ0) is 15.9. The average Bonchev–Trinajstić information content (AvgIpc) is 2.76. The highest BCUT2D eigenvalue weighted by Crippen LogP contribution is 2.29. The molecule has 1 aliphatic rings. The van der Waals surface area contributed by atoms with Gasteiger partial charge in [0.2, 0.25) is 0 Å². The highest BCUT2D eigenvalue weighted by atomic mass is 79.9. The quantitative estimate of drug-likeness (QED) is 0.859. The Balaban J connectivity index is 1.91. The fourth-order valence-corrected chi connectivity index (χ4v) is 4.37. The van der Waals surface area contributed by atoms with E-state index in [1.807, 2.05) is 25.2 Å². The summed E-state index contributed by atoms with van der Waals surface area (Å²) in [6.07, 6.45) is 0. The fourth-order valence-electron chi connectivity index (χ4n) is 2.58. The fraction of sp³-hybridized carbons (Fsp3) is 0.462. The van der Waals surface area contributed by atoms with Crippen LogP contribution >= 0.6 is 15.9 Å². The second-order valence-corrected chi connectivity index (χ2v) is 7.94. The molecule has 0 unspecified atom stereocenters. The van der Waals surface area contributed by atoms with Crippen molar-refractivity contribution < 1.29 is 8.42 Å². The van der Waals surface area contributed by atoms with Crippen LogP contribution in [0.5, 0.6) is 0 Å². The topological polar surface area (TPSA) is 70.5 Å². The van der Waals surface area contributed by atoms with E-state index in [-0.39, 0.29) is 0 Å². The van der Waals surface area contributed by atoms with Crippen molar-refractivity contribution in [3.05, 3.63) is 22.7 Å². The molecule has 2 aromatic rings. The average molecular weight is 388 g/mol. The van der Waals surface area contributed by atoms with E-state index in [0.717, 1.165) is 28.5 Å². The number of rotatable bonds is 3. The lowest BCUT2D eigenvalue weighted by Gasteiger charge is -2.31. The van der Waals surface area contributed by atoms with Crippen LogP contribution in [0.25, 0.3) is 10.9 Å².